The van der Waals surface area contributed by atoms with Gasteiger partial charge in [0, 0.05) is 30.7 Å². The highest BCUT2D eigenvalue weighted by atomic mass is 16.6. The summed E-state index contributed by atoms with van der Waals surface area (Å²) < 4.78 is 31.2. The van der Waals surface area contributed by atoms with Gasteiger partial charge in [0.25, 0.3) is 0 Å². The van der Waals surface area contributed by atoms with Crippen molar-refractivity contribution in [2.45, 2.75) is 57.7 Å². The van der Waals surface area contributed by atoms with Crippen LogP contribution in [0.1, 0.15) is 48.6 Å². The van der Waals surface area contributed by atoms with Crippen LogP contribution in [-0.2, 0) is 24.1 Å². The Morgan fingerprint density at radius 3 is 2.32 bits per heavy atom. The number of carbonyl (C=O) groups is 1. The highest BCUT2D eigenvalue weighted by molar-refractivity contribution is 5.80. The number of methoxy groups -OCH3 is 2. The number of nitrogens with zero attached hydrogens (tertiary/aromatic N) is 2. The van der Waals surface area contributed by atoms with Crippen LogP contribution in [-0.4, -0.2) is 76.3 Å². The van der Waals surface area contributed by atoms with Crippen molar-refractivity contribution in [2.24, 2.45) is 0 Å². The maximum absolute atomic E-state index is 13.3. The van der Waals surface area contributed by atoms with E-state index >= 15 is 0 Å². The third kappa shape index (κ3) is 7.17. The smallest absolute Gasteiger partial charge is 0.328 e. The Hall–Kier alpha value is -4.57. The van der Waals surface area contributed by atoms with Crippen LogP contribution in [0.4, 0.5) is 0 Å². The van der Waals surface area contributed by atoms with Crippen LogP contribution in [0.3, 0.4) is 0 Å². The number of allylic oxidation sites excluding steroid dienone is 2. The molecular formula is C41H49N3O6. The first-order valence-electron chi connectivity index (χ1n) is 17.3. The molecule has 4 aliphatic heterocycles. The zero-order valence-corrected chi connectivity index (χ0v) is 30.3. The molecule has 3 aromatic rings. The molecule has 0 fully saturated rings. The minimum atomic E-state index is -0.539. The van der Waals surface area contributed by atoms with E-state index in [2.05, 4.69) is 60.1 Å². The van der Waals surface area contributed by atoms with E-state index in [0.717, 1.165) is 60.4 Å². The maximum atomic E-state index is 13.3. The van der Waals surface area contributed by atoms with Crippen molar-refractivity contribution in [2.75, 3.05) is 48.5 Å². The van der Waals surface area contributed by atoms with E-state index in [1.807, 2.05) is 43.3 Å². The summed E-state index contributed by atoms with van der Waals surface area (Å²) >= 11 is 0. The number of carbonyl (C=O) groups excluding carboxylic acids is 1. The Morgan fingerprint density at radius 1 is 0.940 bits per heavy atom. The first-order valence-corrected chi connectivity index (χ1v) is 17.3. The Morgan fingerprint density at radius 2 is 1.62 bits per heavy atom. The van der Waals surface area contributed by atoms with E-state index in [-0.39, 0.29) is 17.8 Å². The Kier molecular flexibility index (Phi) is 10.7. The van der Waals surface area contributed by atoms with Gasteiger partial charge in [0.15, 0.2) is 23.0 Å². The van der Waals surface area contributed by atoms with Crippen molar-refractivity contribution in [1.29, 1.82) is 0 Å². The summed E-state index contributed by atoms with van der Waals surface area (Å²) in [6.45, 7) is 9.67. The number of ether oxygens (including phenoxy) is 5. The number of nitrogens with one attached hydrogen (secondary N) is 1. The highest BCUT2D eigenvalue weighted by Gasteiger charge is 2.35. The van der Waals surface area contributed by atoms with Gasteiger partial charge in [0.2, 0.25) is 5.75 Å². The fraction of sp³-hybridized carbons (Fsp3) is 0.390. The molecule has 3 atom stereocenters. The summed E-state index contributed by atoms with van der Waals surface area (Å²) in [5.41, 5.74) is 6.65. The molecule has 50 heavy (non-hydrogen) atoms. The van der Waals surface area contributed by atoms with E-state index in [4.69, 9.17) is 23.7 Å². The van der Waals surface area contributed by atoms with E-state index < -0.39 is 12.0 Å². The molecule has 0 spiro atoms. The quantitative estimate of drug-likeness (QED) is 0.223. The average molecular weight is 680 g/mol. The molecule has 4 heterocycles. The number of hydrogen-bond donors (Lipinski definition) is 1. The van der Waals surface area contributed by atoms with Crippen LogP contribution in [0.15, 0.2) is 84.2 Å². The molecular weight excluding hydrogens is 630 g/mol. The molecule has 4 aliphatic rings. The van der Waals surface area contributed by atoms with E-state index in [1.165, 1.54) is 11.1 Å². The summed E-state index contributed by atoms with van der Waals surface area (Å²) in [5, 5.41) is 2.99. The van der Waals surface area contributed by atoms with Crippen molar-refractivity contribution in [3.8, 4) is 34.5 Å². The molecule has 0 aromatic heterocycles. The third-order valence-corrected chi connectivity index (χ3v) is 10.2. The van der Waals surface area contributed by atoms with Gasteiger partial charge < -0.3 is 29.0 Å². The summed E-state index contributed by atoms with van der Waals surface area (Å²) in [6, 6.07) is 15.8. The first kappa shape index (κ1) is 35.3. The van der Waals surface area contributed by atoms with Crippen molar-refractivity contribution in [3.05, 3.63) is 106 Å². The zero-order chi connectivity index (χ0) is 35.5. The molecule has 7 rings (SSSR count). The number of likely N-dealkylation sites (N-methyl/N-ethyl adjacent to an activating group) is 3. The second kappa shape index (κ2) is 15.1. The van der Waals surface area contributed by atoms with Crippen LogP contribution < -0.4 is 29.0 Å². The fourth-order valence-corrected chi connectivity index (χ4v) is 7.17. The van der Waals surface area contributed by atoms with Crippen molar-refractivity contribution < 1.29 is 28.5 Å². The van der Waals surface area contributed by atoms with Gasteiger partial charge in [0.1, 0.15) is 17.6 Å². The maximum Gasteiger partial charge on any atom is 0.328 e. The Labute approximate surface area is 296 Å². The fourth-order valence-electron chi connectivity index (χ4n) is 7.17. The van der Waals surface area contributed by atoms with Crippen LogP contribution in [0.2, 0.25) is 0 Å². The van der Waals surface area contributed by atoms with Crippen LogP contribution in [0.5, 0.6) is 34.5 Å². The number of fused-ring (bicyclic) bond motifs is 3. The Bertz CT molecular complexity index is 1810. The number of benzene rings is 3. The third-order valence-electron chi connectivity index (χ3n) is 10.2. The highest BCUT2D eigenvalue weighted by Crippen LogP contribution is 2.50. The molecule has 9 nitrogen and oxygen atoms in total. The monoisotopic (exact) mass is 679 g/mol. The lowest BCUT2D eigenvalue weighted by Crippen LogP contribution is -2.39. The van der Waals surface area contributed by atoms with Gasteiger partial charge in [-0.1, -0.05) is 30.9 Å². The molecule has 0 saturated heterocycles. The molecule has 0 unspecified atom stereocenters. The van der Waals surface area contributed by atoms with Gasteiger partial charge in [-0.05, 0) is 125 Å². The van der Waals surface area contributed by atoms with Crippen LogP contribution >= 0.6 is 0 Å². The number of esters is 1. The minimum absolute atomic E-state index is 0.0876. The molecule has 4 bridgehead atoms. The molecule has 0 radical (unpaired) electrons. The zero-order valence-electron chi connectivity index (χ0n) is 30.3. The van der Waals surface area contributed by atoms with E-state index in [0.29, 0.717) is 35.2 Å². The second-order valence-corrected chi connectivity index (χ2v) is 13.4. The average Bonchev–Trinajstić information content (AvgIpc) is 3.11. The van der Waals surface area contributed by atoms with Gasteiger partial charge in [-0.2, -0.15) is 0 Å². The molecule has 0 saturated carbocycles. The SMILES string of the molecule is C=CC1=C2/C=C(\C)Oc3c(OC(=O)[C@H](C)NC)c(OC)cc4c3[C@H](Cc3ccc(OC)c(c3)Oc3ccc(cc3)C[C@@H]2N(C)CC1)N(C)CC4. The number of rotatable bonds is 6. The number of hydrogen-bond acceptors (Lipinski definition) is 9. The standard InChI is InChI=1S/C41H49N3O6/c1-9-29-16-18-43(5)33-21-27-10-13-31(14-11-27)49-36-23-28(12-15-35(36)46-7)22-34-38-30(17-19-44(34)6)24-37(47-8)39(50-41(45)26(3)42-4)40(38)48-25(2)20-32(29)33/h9-15,20,23-24,26,33-34,42H,1,16-19,21-22H2,2-8H3/b25-20+/t26-,33-,34-/m0/s1. The van der Waals surface area contributed by atoms with Gasteiger partial charge >= 0.3 is 5.97 Å². The lowest BCUT2D eigenvalue weighted by Gasteiger charge is -2.37. The van der Waals surface area contributed by atoms with Gasteiger partial charge in [-0.25, -0.2) is 4.79 Å². The van der Waals surface area contributed by atoms with Crippen molar-refractivity contribution >= 4 is 5.97 Å². The largest absolute Gasteiger partial charge is 0.493 e. The van der Waals surface area contributed by atoms with Crippen molar-refractivity contribution in [3.63, 3.8) is 0 Å². The Balaban J connectivity index is 1.59. The lowest BCUT2D eigenvalue weighted by molar-refractivity contribution is -0.136. The molecule has 0 amide bonds. The molecule has 9 heteroatoms. The van der Waals surface area contributed by atoms with Crippen molar-refractivity contribution in [1.82, 2.24) is 15.1 Å². The minimum Gasteiger partial charge on any atom is -0.493 e. The molecule has 3 aromatic carbocycles. The van der Waals surface area contributed by atoms with E-state index in [9.17, 15) is 4.79 Å². The summed E-state index contributed by atoms with van der Waals surface area (Å²) in [6.07, 6.45) is 7.20. The van der Waals surface area contributed by atoms with Crippen LogP contribution in [0, 0.1) is 0 Å². The predicted molar refractivity (Wildman–Crippen MR) is 196 cm³/mol. The molecule has 264 valence electrons. The van der Waals surface area contributed by atoms with E-state index in [1.54, 1.807) is 28.2 Å². The summed E-state index contributed by atoms with van der Waals surface area (Å²) in [7, 11) is 9.27. The second-order valence-electron chi connectivity index (χ2n) is 13.4. The summed E-state index contributed by atoms with van der Waals surface area (Å²) in [4.78, 5) is 18.1. The predicted octanol–water partition coefficient (Wildman–Crippen LogP) is 6.81. The molecule has 0 aliphatic carbocycles. The topological polar surface area (TPSA) is 81.7 Å². The lowest BCUT2D eigenvalue weighted by atomic mass is 9.87. The normalized spacial score (nSPS) is 21.2. The first-order chi connectivity index (χ1) is 24.1. The van der Waals surface area contributed by atoms with Crippen LogP contribution in [0.25, 0.3) is 0 Å². The van der Waals surface area contributed by atoms with Gasteiger partial charge in [0.05, 0.1) is 14.2 Å². The van der Waals surface area contributed by atoms with Gasteiger partial charge in [-0.15, -0.1) is 0 Å². The molecule has 1 N–H and O–H groups in total. The van der Waals surface area contributed by atoms with Gasteiger partial charge in [-0.3, -0.25) is 9.80 Å². The summed E-state index contributed by atoms with van der Waals surface area (Å²) in [5.74, 6) is 3.51.